The van der Waals surface area contributed by atoms with Crippen LogP contribution in [0.3, 0.4) is 0 Å². The fourth-order valence-corrected chi connectivity index (χ4v) is 4.31. The van der Waals surface area contributed by atoms with E-state index in [0.717, 1.165) is 5.56 Å². The number of rotatable bonds is 7. The third kappa shape index (κ3) is 4.71. The van der Waals surface area contributed by atoms with Crippen molar-refractivity contribution in [1.29, 1.82) is 0 Å². The summed E-state index contributed by atoms with van der Waals surface area (Å²) < 4.78 is 37.0. The molecule has 0 aliphatic carbocycles. The van der Waals surface area contributed by atoms with Crippen LogP contribution < -0.4 is 26.1 Å². The zero-order chi connectivity index (χ0) is 22.7. The Morgan fingerprint density at radius 1 is 1.03 bits per heavy atom. The lowest BCUT2D eigenvalue weighted by Crippen LogP contribution is -2.34. The first kappa shape index (κ1) is 23.6. The van der Waals surface area contributed by atoms with Gasteiger partial charge in [-0.2, -0.15) is 0 Å². The van der Waals surface area contributed by atoms with E-state index in [1.807, 2.05) is 0 Å². The molecule has 0 unspecified atom stereocenters. The van der Waals surface area contributed by atoms with Crippen molar-refractivity contribution in [2.45, 2.75) is 44.4 Å². The molecule has 0 spiro atoms. The highest BCUT2D eigenvalue weighted by Crippen LogP contribution is 2.34. The minimum Gasteiger partial charge on any atom is -0.497 e. The topological polar surface area (TPSA) is 108 Å². The second-order valence-corrected chi connectivity index (χ2v) is 9.77. The van der Waals surface area contributed by atoms with Gasteiger partial charge in [0.05, 0.1) is 24.8 Å². The molecule has 0 fully saturated rings. The van der Waals surface area contributed by atoms with E-state index in [2.05, 4.69) is 20.8 Å². The van der Waals surface area contributed by atoms with Crippen LogP contribution in [-0.4, -0.2) is 22.6 Å². The van der Waals surface area contributed by atoms with Gasteiger partial charge in [-0.15, -0.1) is 0 Å². The number of methoxy groups -OCH3 is 2. The van der Waals surface area contributed by atoms with Crippen LogP contribution in [0.15, 0.2) is 58.1 Å². The van der Waals surface area contributed by atoms with Gasteiger partial charge in [0.1, 0.15) is 17.2 Å². The molecule has 0 atom stereocenters. The number of nitrogens with two attached hydrogens (primary N) is 2. The number of benzene rings is 2. The minimum absolute atomic E-state index is 0.0881. The van der Waals surface area contributed by atoms with Gasteiger partial charge >= 0.3 is 0 Å². The van der Waals surface area contributed by atoms with Crippen LogP contribution in [0.5, 0.6) is 11.5 Å². The molecule has 2 aromatic rings. The monoisotopic (exact) mass is 433 g/mol. The largest absolute Gasteiger partial charge is 0.497 e. The zero-order valence-electron chi connectivity index (χ0n) is 18.4. The number of hydrazine groups is 1. The zero-order valence-corrected chi connectivity index (χ0v) is 19.2. The molecule has 8 heteroatoms. The van der Waals surface area contributed by atoms with Crippen LogP contribution in [0.4, 0.5) is 5.69 Å². The minimum atomic E-state index is -3.94. The molecule has 7 nitrogen and oxygen atoms in total. The number of allylic oxidation sites excluding steroid dienone is 1. The number of anilines is 1. The van der Waals surface area contributed by atoms with Crippen molar-refractivity contribution in [3.63, 3.8) is 0 Å². The lowest BCUT2D eigenvalue weighted by molar-refractivity contribution is 0.403. The summed E-state index contributed by atoms with van der Waals surface area (Å²) in [5.74, 6) is 7.32. The summed E-state index contributed by atoms with van der Waals surface area (Å²) in [6, 6.07) is 11.8. The average Bonchev–Trinajstić information content (AvgIpc) is 2.72. The Bertz CT molecular complexity index is 1020. The van der Waals surface area contributed by atoms with Crippen LogP contribution in [0.2, 0.25) is 0 Å². The van der Waals surface area contributed by atoms with Gasteiger partial charge in [-0.05, 0) is 41.7 Å². The Morgan fingerprint density at radius 2 is 1.63 bits per heavy atom. The molecule has 2 rings (SSSR count). The summed E-state index contributed by atoms with van der Waals surface area (Å²) >= 11 is 0. The molecule has 0 bridgehead atoms. The summed E-state index contributed by atoms with van der Waals surface area (Å²) in [5, 5.41) is 0.929. The first-order valence-electron chi connectivity index (χ1n) is 9.58. The fraction of sp³-hybridized carbons (Fsp3) is 0.364. The molecule has 0 heterocycles. The maximum atomic E-state index is 13.2. The summed E-state index contributed by atoms with van der Waals surface area (Å²) in [5.41, 5.74) is 7.79. The van der Waals surface area contributed by atoms with Gasteiger partial charge in [-0.25, -0.2) is 14.3 Å². The third-order valence-corrected chi connectivity index (χ3v) is 6.58. The Labute approximate surface area is 179 Å². The predicted octanol–water partition coefficient (Wildman–Crippen LogP) is 3.69. The maximum absolute atomic E-state index is 13.2. The Balaban J connectivity index is 2.55. The highest BCUT2D eigenvalue weighted by Gasteiger charge is 2.26. The van der Waals surface area contributed by atoms with Gasteiger partial charge in [-0.1, -0.05) is 39.8 Å². The smallest absolute Gasteiger partial charge is 0.223 e. The van der Waals surface area contributed by atoms with Gasteiger partial charge in [0.15, 0.2) is 5.03 Å². The first-order chi connectivity index (χ1) is 14.0. The number of hydrogen-bond acceptors (Lipinski definition) is 7. The number of nitrogens with zero attached hydrogens (tertiary/aromatic N) is 1. The molecule has 0 aliphatic rings. The van der Waals surface area contributed by atoms with Crippen molar-refractivity contribution >= 4 is 15.5 Å². The van der Waals surface area contributed by atoms with Crippen molar-refractivity contribution in [3.8, 4) is 11.5 Å². The molecule has 0 radical (unpaired) electrons. The van der Waals surface area contributed by atoms with E-state index < -0.39 is 9.84 Å². The van der Waals surface area contributed by atoms with Crippen molar-refractivity contribution < 1.29 is 17.9 Å². The third-order valence-electron chi connectivity index (χ3n) is 4.88. The Morgan fingerprint density at radius 3 is 2.10 bits per heavy atom. The van der Waals surface area contributed by atoms with E-state index in [4.69, 9.17) is 21.1 Å². The summed E-state index contributed by atoms with van der Waals surface area (Å²) in [4.78, 5) is 0.116. The van der Waals surface area contributed by atoms with E-state index >= 15 is 0 Å². The SMILES string of the molecule is CC/C(=C(/N)S(=O)(=O)c1ccc(C(C)(C)C)cc1)N(N)c1cc(OC)ccc1OC. The summed E-state index contributed by atoms with van der Waals surface area (Å²) in [6.07, 6.45) is 0.294. The van der Waals surface area contributed by atoms with Crippen LogP contribution >= 0.6 is 0 Å². The van der Waals surface area contributed by atoms with E-state index in [1.165, 1.54) is 19.2 Å². The van der Waals surface area contributed by atoms with Crippen LogP contribution in [-0.2, 0) is 15.3 Å². The molecule has 2 aromatic carbocycles. The van der Waals surface area contributed by atoms with E-state index in [1.54, 1.807) is 49.4 Å². The van der Waals surface area contributed by atoms with Crippen molar-refractivity contribution in [2.24, 2.45) is 11.6 Å². The average molecular weight is 434 g/mol. The van der Waals surface area contributed by atoms with Crippen molar-refractivity contribution in [2.75, 3.05) is 19.2 Å². The van der Waals surface area contributed by atoms with Crippen LogP contribution in [0.1, 0.15) is 39.7 Å². The molecule has 0 aromatic heterocycles. The quantitative estimate of drug-likeness (QED) is 0.506. The lowest BCUT2D eigenvalue weighted by Gasteiger charge is -2.25. The van der Waals surface area contributed by atoms with E-state index in [0.29, 0.717) is 23.6 Å². The molecular formula is C22H31N3O4S. The fourth-order valence-electron chi connectivity index (χ4n) is 3.01. The highest BCUT2D eigenvalue weighted by molar-refractivity contribution is 7.95. The molecule has 0 saturated carbocycles. The number of hydrogen-bond donors (Lipinski definition) is 2. The molecule has 4 N–H and O–H groups in total. The van der Waals surface area contributed by atoms with Gasteiger partial charge < -0.3 is 15.2 Å². The van der Waals surface area contributed by atoms with Crippen LogP contribution in [0.25, 0.3) is 0 Å². The normalized spacial score (nSPS) is 12.9. The highest BCUT2D eigenvalue weighted by atomic mass is 32.2. The van der Waals surface area contributed by atoms with Crippen molar-refractivity contribution in [1.82, 2.24) is 0 Å². The maximum Gasteiger partial charge on any atom is 0.223 e. The van der Waals surface area contributed by atoms with Gasteiger partial charge in [-0.3, -0.25) is 5.01 Å². The second-order valence-electron chi connectivity index (χ2n) is 7.85. The Hall–Kier alpha value is -2.71. The Kier molecular flexibility index (Phi) is 7.05. The predicted molar refractivity (Wildman–Crippen MR) is 120 cm³/mol. The van der Waals surface area contributed by atoms with E-state index in [-0.39, 0.29) is 21.0 Å². The summed E-state index contributed by atoms with van der Waals surface area (Å²) in [6.45, 7) is 7.97. The van der Waals surface area contributed by atoms with E-state index in [9.17, 15) is 8.42 Å². The van der Waals surface area contributed by atoms with Crippen molar-refractivity contribution in [3.05, 3.63) is 58.8 Å². The van der Waals surface area contributed by atoms with Gasteiger partial charge in [0, 0.05) is 6.07 Å². The molecular weight excluding hydrogens is 402 g/mol. The lowest BCUT2D eigenvalue weighted by atomic mass is 9.87. The van der Waals surface area contributed by atoms with Gasteiger partial charge in [0.2, 0.25) is 9.84 Å². The van der Waals surface area contributed by atoms with Gasteiger partial charge in [0.25, 0.3) is 0 Å². The molecule has 0 aliphatic heterocycles. The molecule has 30 heavy (non-hydrogen) atoms. The van der Waals surface area contributed by atoms with Crippen LogP contribution in [0, 0.1) is 0 Å². The number of sulfone groups is 1. The summed E-state index contributed by atoms with van der Waals surface area (Å²) in [7, 11) is -0.901. The molecule has 0 saturated heterocycles. The molecule has 164 valence electrons. The number of ether oxygens (including phenoxy) is 2. The molecule has 0 amide bonds. The first-order valence-corrected chi connectivity index (χ1v) is 11.1. The standard InChI is InChI=1S/C22H31N3O4S/c1-7-18(25(24)19-14-16(28-5)10-13-20(19)29-6)21(23)30(26,27)17-11-8-15(9-12-17)22(2,3)4/h8-14H,7,23-24H2,1-6H3/b21-18+. The second kappa shape index (κ2) is 8.97.